The van der Waals surface area contributed by atoms with E-state index < -0.39 is 5.41 Å². The third kappa shape index (κ3) is 4.12. The van der Waals surface area contributed by atoms with Gasteiger partial charge in [0, 0.05) is 55.9 Å². The Bertz CT molecular complexity index is 3220. The maximum atomic E-state index is 6.72. The van der Waals surface area contributed by atoms with Gasteiger partial charge in [0.25, 0.3) is 0 Å². The highest BCUT2D eigenvalue weighted by Crippen LogP contribution is 2.57. The molecule has 12 rings (SSSR count). The van der Waals surface area contributed by atoms with E-state index in [1.165, 1.54) is 50.1 Å². The predicted molar refractivity (Wildman–Crippen MR) is 231 cm³/mol. The van der Waals surface area contributed by atoms with E-state index in [1.54, 1.807) is 0 Å². The second kappa shape index (κ2) is 11.1. The van der Waals surface area contributed by atoms with Crippen molar-refractivity contribution in [2.24, 2.45) is 0 Å². The van der Waals surface area contributed by atoms with Crippen LogP contribution in [0.25, 0.3) is 66.1 Å². The van der Waals surface area contributed by atoms with Gasteiger partial charge < -0.3 is 13.7 Å². The van der Waals surface area contributed by atoms with E-state index in [4.69, 9.17) is 8.83 Å². The summed E-state index contributed by atoms with van der Waals surface area (Å²) >= 11 is 0. The van der Waals surface area contributed by atoms with Gasteiger partial charge in [-0.3, -0.25) is 0 Å². The number of benzene rings is 8. The van der Waals surface area contributed by atoms with Crippen LogP contribution in [0.4, 0.5) is 17.1 Å². The standard InChI is InChI=1S/C53H37NO2/c1-52(2)42-19-9-4-14-34(42)37-26-24-32(28-45(37)52)54(33-25-27-40-38-17-7-12-22-48(38)55-50(40)29-33)47-31-51-41(39-18-8-13-23-49(39)56-51)30-46(47)53(3)43-20-10-5-15-35(43)36-16-6-11-21-44(36)53/h4-31H,1-3H3. The first-order valence-electron chi connectivity index (χ1n) is 19.5. The van der Waals surface area contributed by atoms with Crippen molar-refractivity contribution in [3.8, 4) is 22.3 Å². The van der Waals surface area contributed by atoms with Crippen LogP contribution in [0.1, 0.15) is 48.6 Å². The first-order valence-corrected chi connectivity index (χ1v) is 19.5. The second-order valence-corrected chi connectivity index (χ2v) is 16.2. The minimum atomic E-state index is -0.483. The molecule has 8 aromatic carbocycles. The molecule has 0 saturated carbocycles. The van der Waals surface area contributed by atoms with E-state index in [9.17, 15) is 0 Å². The highest BCUT2D eigenvalue weighted by Gasteiger charge is 2.43. The summed E-state index contributed by atoms with van der Waals surface area (Å²) in [6, 6.07) is 61.9. The lowest BCUT2D eigenvalue weighted by molar-refractivity contribution is 0.660. The smallest absolute Gasteiger partial charge is 0.137 e. The maximum Gasteiger partial charge on any atom is 0.137 e. The Morgan fingerprint density at radius 3 is 1.52 bits per heavy atom. The van der Waals surface area contributed by atoms with Crippen molar-refractivity contribution in [2.75, 3.05) is 4.90 Å². The SMILES string of the molecule is CC1(C)c2ccccc2-c2ccc(N(c3ccc4c(c3)oc3ccccc34)c3cc4oc5ccccc5c4cc3C3(C)c4ccccc4-c4ccccc43)cc21. The average molecular weight is 720 g/mol. The van der Waals surface area contributed by atoms with Crippen molar-refractivity contribution in [1.29, 1.82) is 0 Å². The monoisotopic (exact) mass is 719 g/mol. The third-order valence-corrected chi connectivity index (χ3v) is 12.9. The second-order valence-electron chi connectivity index (χ2n) is 16.2. The van der Waals surface area contributed by atoms with E-state index in [0.717, 1.165) is 60.9 Å². The predicted octanol–water partition coefficient (Wildman–Crippen LogP) is 14.6. The first-order chi connectivity index (χ1) is 27.4. The van der Waals surface area contributed by atoms with Crippen molar-refractivity contribution < 1.29 is 8.83 Å². The number of hydrogen-bond donors (Lipinski definition) is 0. The zero-order valence-electron chi connectivity index (χ0n) is 31.4. The molecule has 0 radical (unpaired) electrons. The number of para-hydroxylation sites is 2. The molecular weight excluding hydrogens is 683 g/mol. The summed E-state index contributed by atoms with van der Waals surface area (Å²) in [5, 5.41) is 4.45. The molecule has 2 aliphatic carbocycles. The highest BCUT2D eigenvalue weighted by molar-refractivity contribution is 6.09. The molecule has 2 heterocycles. The molecule has 266 valence electrons. The van der Waals surface area contributed by atoms with Gasteiger partial charge in [-0.05, 0) is 99.5 Å². The Hall–Kier alpha value is -6.84. The van der Waals surface area contributed by atoms with E-state index in [-0.39, 0.29) is 5.41 Å². The number of hydrogen-bond acceptors (Lipinski definition) is 3. The summed E-state index contributed by atoms with van der Waals surface area (Å²) in [7, 11) is 0. The van der Waals surface area contributed by atoms with Crippen LogP contribution in [0.3, 0.4) is 0 Å². The lowest BCUT2D eigenvalue weighted by Crippen LogP contribution is -2.26. The minimum absolute atomic E-state index is 0.170. The Labute approximate surface area is 325 Å². The number of fused-ring (bicyclic) bond motifs is 12. The van der Waals surface area contributed by atoms with Gasteiger partial charge in [0.2, 0.25) is 0 Å². The quantitative estimate of drug-likeness (QED) is 0.181. The Morgan fingerprint density at radius 2 is 0.839 bits per heavy atom. The molecule has 0 N–H and O–H groups in total. The average Bonchev–Trinajstić information content (AvgIpc) is 3.93. The van der Waals surface area contributed by atoms with Gasteiger partial charge in [-0.15, -0.1) is 0 Å². The van der Waals surface area contributed by atoms with Gasteiger partial charge in [-0.25, -0.2) is 0 Å². The lowest BCUT2D eigenvalue weighted by Gasteiger charge is -2.35. The highest BCUT2D eigenvalue weighted by atomic mass is 16.3. The normalized spacial score (nSPS) is 14.6. The maximum absolute atomic E-state index is 6.72. The number of anilines is 3. The van der Waals surface area contributed by atoms with Gasteiger partial charge in [0.1, 0.15) is 22.3 Å². The zero-order chi connectivity index (χ0) is 37.3. The van der Waals surface area contributed by atoms with Crippen molar-refractivity contribution >= 4 is 60.9 Å². The largest absolute Gasteiger partial charge is 0.456 e. The van der Waals surface area contributed by atoms with Crippen LogP contribution in [-0.2, 0) is 10.8 Å². The molecule has 0 atom stereocenters. The summed E-state index contributed by atoms with van der Waals surface area (Å²) in [4.78, 5) is 2.45. The summed E-state index contributed by atoms with van der Waals surface area (Å²) in [5.74, 6) is 0. The van der Waals surface area contributed by atoms with Crippen molar-refractivity contribution in [2.45, 2.75) is 31.6 Å². The molecule has 10 aromatic rings. The zero-order valence-corrected chi connectivity index (χ0v) is 31.4. The van der Waals surface area contributed by atoms with Crippen LogP contribution in [0.15, 0.2) is 179 Å². The molecule has 0 bridgehead atoms. The topological polar surface area (TPSA) is 29.5 Å². The molecule has 0 saturated heterocycles. The van der Waals surface area contributed by atoms with E-state index in [1.807, 2.05) is 6.07 Å². The molecule has 3 heteroatoms. The summed E-state index contributed by atoms with van der Waals surface area (Å²) in [6.07, 6.45) is 0. The van der Waals surface area contributed by atoms with E-state index in [0.29, 0.717) is 0 Å². The molecule has 2 aliphatic rings. The molecule has 0 aliphatic heterocycles. The first kappa shape index (κ1) is 31.5. The summed E-state index contributed by atoms with van der Waals surface area (Å²) in [5.41, 5.74) is 17.6. The van der Waals surface area contributed by atoms with Crippen LogP contribution in [0.2, 0.25) is 0 Å². The van der Waals surface area contributed by atoms with Gasteiger partial charge in [-0.1, -0.05) is 129 Å². The van der Waals surface area contributed by atoms with Gasteiger partial charge >= 0.3 is 0 Å². The Balaban J connectivity index is 1.20. The summed E-state index contributed by atoms with van der Waals surface area (Å²) in [6.45, 7) is 7.12. The number of rotatable bonds is 4. The molecule has 56 heavy (non-hydrogen) atoms. The fourth-order valence-electron chi connectivity index (χ4n) is 10.2. The molecule has 0 unspecified atom stereocenters. The molecule has 3 nitrogen and oxygen atoms in total. The van der Waals surface area contributed by atoms with Crippen LogP contribution in [-0.4, -0.2) is 0 Å². The van der Waals surface area contributed by atoms with Crippen LogP contribution < -0.4 is 4.90 Å². The molecule has 2 aromatic heterocycles. The third-order valence-electron chi connectivity index (χ3n) is 12.9. The van der Waals surface area contributed by atoms with Crippen molar-refractivity contribution in [3.05, 3.63) is 198 Å². The summed E-state index contributed by atoms with van der Waals surface area (Å²) < 4.78 is 13.3. The lowest BCUT2D eigenvalue weighted by atomic mass is 9.73. The van der Waals surface area contributed by atoms with Crippen LogP contribution >= 0.6 is 0 Å². The minimum Gasteiger partial charge on any atom is -0.456 e. The van der Waals surface area contributed by atoms with E-state index >= 15 is 0 Å². The van der Waals surface area contributed by atoms with Crippen LogP contribution in [0, 0.1) is 0 Å². The molecule has 0 amide bonds. The van der Waals surface area contributed by atoms with E-state index in [2.05, 4.69) is 189 Å². The molecular formula is C53H37NO2. The van der Waals surface area contributed by atoms with Gasteiger partial charge in [0.05, 0.1) is 5.69 Å². The molecule has 0 fully saturated rings. The van der Waals surface area contributed by atoms with Gasteiger partial charge in [0.15, 0.2) is 0 Å². The molecule has 0 spiro atoms. The van der Waals surface area contributed by atoms with Crippen molar-refractivity contribution in [1.82, 2.24) is 0 Å². The van der Waals surface area contributed by atoms with Crippen LogP contribution in [0.5, 0.6) is 0 Å². The van der Waals surface area contributed by atoms with Crippen molar-refractivity contribution in [3.63, 3.8) is 0 Å². The number of furan rings is 2. The van der Waals surface area contributed by atoms with Gasteiger partial charge in [-0.2, -0.15) is 0 Å². The Kier molecular flexibility index (Phi) is 6.25. The number of nitrogens with zero attached hydrogens (tertiary/aromatic N) is 1. The Morgan fingerprint density at radius 1 is 0.357 bits per heavy atom. The fraction of sp³-hybridized carbons (Fsp3) is 0.0943. The fourth-order valence-corrected chi connectivity index (χ4v) is 10.2.